The molecule has 0 atom stereocenters. The van der Waals surface area contributed by atoms with Crippen molar-refractivity contribution in [2.24, 2.45) is 0 Å². The number of aromatic nitrogens is 5. The van der Waals surface area contributed by atoms with Gasteiger partial charge in [-0.25, -0.2) is 9.37 Å². The number of halogens is 1. The standard InChI is InChI=1S/C15H10FN5S/c16-11-5-3-4-10(8-11)15-18-20-21(19-15)9-14-17-12-6-1-2-7-13(12)22-14/h1-8H,9H2. The van der Waals surface area contributed by atoms with E-state index in [1.54, 1.807) is 23.5 Å². The molecule has 0 fully saturated rings. The number of tetrazole rings is 1. The van der Waals surface area contributed by atoms with Crippen molar-refractivity contribution in [2.45, 2.75) is 6.54 Å². The first-order valence-corrected chi connectivity index (χ1v) is 7.48. The van der Waals surface area contributed by atoms with Crippen LogP contribution >= 0.6 is 11.3 Å². The first kappa shape index (κ1) is 13.0. The zero-order valence-corrected chi connectivity index (χ0v) is 12.2. The molecule has 7 heteroatoms. The number of fused-ring (bicyclic) bond motifs is 1. The predicted octanol–water partition coefficient (Wildman–Crippen LogP) is 3.14. The Bertz CT molecular complexity index is 913. The van der Waals surface area contributed by atoms with E-state index in [9.17, 15) is 4.39 Å². The number of hydrogen-bond donors (Lipinski definition) is 0. The highest BCUT2D eigenvalue weighted by Gasteiger charge is 2.09. The second kappa shape index (κ2) is 5.27. The molecule has 2 aromatic carbocycles. The molecule has 108 valence electrons. The van der Waals surface area contributed by atoms with Gasteiger partial charge in [0.25, 0.3) is 0 Å². The van der Waals surface area contributed by atoms with Crippen molar-refractivity contribution < 1.29 is 4.39 Å². The lowest BCUT2D eigenvalue weighted by molar-refractivity contribution is 0.571. The zero-order valence-electron chi connectivity index (χ0n) is 11.3. The molecule has 0 aliphatic heterocycles. The largest absolute Gasteiger partial charge is 0.239 e. The van der Waals surface area contributed by atoms with E-state index in [0.29, 0.717) is 17.9 Å². The topological polar surface area (TPSA) is 56.5 Å². The van der Waals surface area contributed by atoms with Gasteiger partial charge in [0.1, 0.15) is 17.4 Å². The first-order chi connectivity index (χ1) is 10.8. The van der Waals surface area contributed by atoms with Gasteiger partial charge in [-0.2, -0.15) is 4.80 Å². The summed E-state index contributed by atoms with van der Waals surface area (Å²) >= 11 is 1.60. The maximum Gasteiger partial charge on any atom is 0.205 e. The van der Waals surface area contributed by atoms with Crippen molar-refractivity contribution in [2.75, 3.05) is 0 Å². The number of thiazole rings is 1. The van der Waals surface area contributed by atoms with Crippen LogP contribution in [-0.2, 0) is 6.54 Å². The molecule has 0 N–H and O–H groups in total. The van der Waals surface area contributed by atoms with Crippen LogP contribution in [0.3, 0.4) is 0 Å². The van der Waals surface area contributed by atoms with E-state index in [4.69, 9.17) is 0 Å². The lowest BCUT2D eigenvalue weighted by atomic mass is 10.2. The summed E-state index contributed by atoms with van der Waals surface area (Å²) in [4.78, 5) is 6.00. The van der Waals surface area contributed by atoms with Crippen LogP contribution in [0.15, 0.2) is 48.5 Å². The summed E-state index contributed by atoms with van der Waals surface area (Å²) < 4.78 is 14.4. The highest BCUT2D eigenvalue weighted by Crippen LogP contribution is 2.22. The van der Waals surface area contributed by atoms with Crippen LogP contribution in [0.4, 0.5) is 4.39 Å². The number of rotatable bonds is 3. The molecule has 0 aliphatic rings. The fourth-order valence-electron chi connectivity index (χ4n) is 2.16. The number of benzene rings is 2. The highest BCUT2D eigenvalue weighted by atomic mass is 32.1. The summed E-state index contributed by atoms with van der Waals surface area (Å²) in [5.41, 5.74) is 1.57. The molecule has 0 radical (unpaired) electrons. The summed E-state index contributed by atoms with van der Waals surface area (Å²) in [5.74, 6) is 0.0839. The van der Waals surface area contributed by atoms with Crippen molar-refractivity contribution in [1.82, 2.24) is 25.2 Å². The highest BCUT2D eigenvalue weighted by molar-refractivity contribution is 7.18. The van der Waals surface area contributed by atoms with Crippen molar-refractivity contribution >= 4 is 21.6 Å². The van der Waals surface area contributed by atoms with Gasteiger partial charge >= 0.3 is 0 Å². The molecule has 2 heterocycles. The van der Waals surface area contributed by atoms with Crippen LogP contribution in [0.2, 0.25) is 0 Å². The number of hydrogen-bond acceptors (Lipinski definition) is 5. The van der Waals surface area contributed by atoms with Gasteiger partial charge in [0.05, 0.1) is 10.2 Å². The van der Waals surface area contributed by atoms with Crippen LogP contribution in [-0.4, -0.2) is 25.2 Å². The normalized spacial score (nSPS) is 11.1. The van der Waals surface area contributed by atoms with E-state index >= 15 is 0 Å². The maximum atomic E-state index is 13.2. The molecule has 22 heavy (non-hydrogen) atoms. The lowest BCUT2D eigenvalue weighted by Gasteiger charge is -1.94. The maximum absolute atomic E-state index is 13.2. The quantitative estimate of drug-likeness (QED) is 0.583. The van der Waals surface area contributed by atoms with Crippen molar-refractivity contribution in [3.63, 3.8) is 0 Å². The van der Waals surface area contributed by atoms with Gasteiger partial charge in [-0.1, -0.05) is 24.3 Å². The second-order valence-electron chi connectivity index (χ2n) is 4.73. The Kier molecular flexibility index (Phi) is 3.12. The molecule has 0 spiro atoms. The monoisotopic (exact) mass is 311 g/mol. The Morgan fingerprint density at radius 3 is 2.86 bits per heavy atom. The molecular weight excluding hydrogens is 301 g/mol. The smallest absolute Gasteiger partial charge is 0.205 e. The van der Waals surface area contributed by atoms with E-state index in [-0.39, 0.29) is 5.82 Å². The third-order valence-corrected chi connectivity index (χ3v) is 4.17. The van der Waals surface area contributed by atoms with Crippen LogP contribution in [0.25, 0.3) is 21.6 Å². The predicted molar refractivity (Wildman–Crippen MR) is 81.9 cm³/mol. The zero-order chi connectivity index (χ0) is 14.9. The lowest BCUT2D eigenvalue weighted by Crippen LogP contribution is -2.03. The Labute approximate surface area is 129 Å². The minimum Gasteiger partial charge on any atom is -0.239 e. The molecular formula is C15H10FN5S. The molecule has 5 nitrogen and oxygen atoms in total. The molecule has 2 aromatic heterocycles. The van der Waals surface area contributed by atoms with Crippen LogP contribution in [0.1, 0.15) is 5.01 Å². The number of para-hydroxylation sites is 1. The van der Waals surface area contributed by atoms with Crippen LogP contribution in [0, 0.1) is 5.82 Å². The van der Waals surface area contributed by atoms with E-state index < -0.39 is 0 Å². The molecule has 0 bridgehead atoms. The average Bonchev–Trinajstić information content (AvgIpc) is 3.13. The molecule has 0 aliphatic carbocycles. The van der Waals surface area contributed by atoms with E-state index in [1.807, 2.05) is 24.3 Å². The fourth-order valence-corrected chi connectivity index (χ4v) is 3.10. The molecule has 4 rings (SSSR count). The van der Waals surface area contributed by atoms with Gasteiger partial charge in [0.15, 0.2) is 0 Å². The SMILES string of the molecule is Fc1cccc(-c2nnn(Cc3nc4ccccc4s3)n2)c1. The Hall–Kier alpha value is -2.67. The summed E-state index contributed by atoms with van der Waals surface area (Å²) in [6.45, 7) is 0.446. The van der Waals surface area contributed by atoms with Gasteiger partial charge in [-0.15, -0.1) is 21.5 Å². The first-order valence-electron chi connectivity index (χ1n) is 6.66. The minimum atomic E-state index is -0.319. The van der Waals surface area contributed by atoms with Gasteiger partial charge in [-0.05, 0) is 29.5 Å². The fraction of sp³-hybridized carbons (Fsp3) is 0.0667. The van der Waals surface area contributed by atoms with Gasteiger partial charge in [0.2, 0.25) is 5.82 Å². The third kappa shape index (κ3) is 2.46. The summed E-state index contributed by atoms with van der Waals surface area (Å²) in [6.07, 6.45) is 0. The number of nitrogens with zero attached hydrogens (tertiary/aromatic N) is 5. The van der Waals surface area contributed by atoms with Crippen molar-refractivity contribution in [3.8, 4) is 11.4 Å². The van der Waals surface area contributed by atoms with Crippen molar-refractivity contribution in [1.29, 1.82) is 0 Å². The van der Waals surface area contributed by atoms with Gasteiger partial charge in [0, 0.05) is 5.56 Å². The van der Waals surface area contributed by atoms with E-state index in [0.717, 1.165) is 15.2 Å². The van der Waals surface area contributed by atoms with Crippen LogP contribution < -0.4 is 0 Å². The van der Waals surface area contributed by atoms with Crippen molar-refractivity contribution in [3.05, 3.63) is 59.4 Å². The molecule has 0 saturated heterocycles. The Balaban J connectivity index is 1.61. The van der Waals surface area contributed by atoms with Gasteiger partial charge < -0.3 is 0 Å². The molecule has 4 aromatic rings. The second-order valence-corrected chi connectivity index (χ2v) is 5.84. The summed E-state index contributed by atoms with van der Waals surface area (Å²) in [6, 6.07) is 14.1. The molecule has 0 saturated carbocycles. The summed E-state index contributed by atoms with van der Waals surface area (Å²) in [5, 5.41) is 13.2. The molecule has 0 amide bonds. The third-order valence-electron chi connectivity index (χ3n) is 3.15. The van der Waals surface area contributed by atoms with Gasteiger partial charge in [-0.3, -0.25) is 0 Å². The summed E-state index contributed by atoms with van der Waals surface area (Å²) in [7, 11) is 0. The Morgan fingerprint density at radius 1 is 1.09 bits per heavy atom. The average molecular weight is 311 g/mol. The van der Waals surface area contributed by atoms with E-state index in [2.05, 4.69) is 20.4 Å². The molecule has 0 unspecified atom stereocenters. The van der Waals surface area contributed by atoms with Crippen LogP contribution in [0.5, 0.6) is 0 Å². The Morgan fingerprint density at radius 2 is 2.00 bits per heavy atom. The minimum absolute atomic E-state index is 0.319. The van der Waals surface area contributed by atoms with E-state index in [1.165, 1.54) is 16.9 Å².